The highest BCUT2D eigenvalue weighted by Gasteiger charge is 2.20. The Hall–Kier alpha value is -0.260. The number of ether oxygens (including phenoxy) is 1. The summed E-state index contributed by atoms with van der Waals surface area (Å²) in [6.07, 6.45) is 5.00. The minimum atomic E-state index is 0.147. The average molecular weight is 272 g/mol. The zero-order chi connectivity index (χ0) is 12.6. The van der Waals surface area contributed by atoms with E-state index in [-0.39, 0.29) is 5.91 Å². The molecule has 2 aliphatic rings. The second kappa shape index (κ2) is 8.02. The van der Waals surface area contributed by atoms with Crippen molar-refractivity contribution in [2.24, 2.45) is 5.92 Å². The van der Waals surface area contributed by atoms with Gasteiger partial charge in [0.05, 0.1) is 12.4 Å². The molecule has 1 amide bonds. The first-order valence-corrected chi connectivity index (χ1v) is 8.06. The third-order valence-corrected chi connectivity index (χ3v) is 4.73. The highest BCUT2D eigenvalue weighted by molar-refractivity contribution is 8.00. The van der Waals surface area contributed by atoms with Gasteiger partial charge in [-0.1, -0.05) is 0 Å². The van der Waals surface area contributed by atoms with E-state index in [1.165, 1.54) is 25.7 Å². The summed E-state index contributed by atoms with van der Waals surface area (Å²) >= 11 is 1.79. The highest BCUT2D eigenvalue weighted by Crippen LogP contribution is 2.28. The molecule has 1 aliphatic heterocycles. The third kappa shape index (κ3) is 6.07. The molecule has 1 saturated heterocycles. The van der Waals surface area contributed by atoms with Crippen LogP contribution >= 0.6 is 11.8 Å². The van der Waals surface area contributed by atoms with Crippen LogP contribution in [0.3, 0.4) is 0 Å². The number of hydrogen-bond donors (Lipinski definition) is 2. The Morgan fingerprint density at radius 2 is 2.06 bits per heavy atom. The number of carbonyl (C=O) groups excluding carboxylic acids is 1. The lowest BCUT2D eigenvalue weighted by Crippen LogP contribution is -2.32. The molecule has 5 heteroatoms. The largest absolute Gasteiger partial charge is 0.379 e. The first-order chi connectivity index (χ1) is 8.84. The van der Waals surface area contributed by atoms with E-state index in [4.69, 9.17) is 4.74 Å². The van der Waals surface area contributed by atoms with Gasteiger partial charge in [0.1, 0.15) is 0 Å². The minimum Gasteiger partial charge on any atom is -0.379 e. The van der Waals surface area contributed by atoms with Gasteiger partial charge in [0, 0.05) is 18.4 Å². The van der Waals surface area contributed by atoms with Crippen LogP contribution < -0.4 is 10.6 Å². The van der Waals surface area contributed by atoms with Crippen LogP contribution in [0.1, 0.15) is 25.7 Å². The van der Waals surface area contributed by atoms with Crippen molar-refractivity contribution < 1.29 is 9.53 Å². The normalized spacial score (nSPS) is 20.9. The smallest absolute Gasteiger partial charge is 0.230 e. The Kier molecular flexibility index (Phi) is 6.31. The van der Waals surface area contributed by atoms with Gasteiger partial charge in [-0.25, -0.2) is 0 Å². The fourth-order valence-corrected chi connectivity index (χ4v) is 3.06. The lowest BCUT2D eigenvalue weighted by molar-refractivity contribution is -0.118. The monoisotopic (exact) mass is 272 g/mol. The van der Waals surface area contributed by atoms with Gasteiger partial charge >= 0.3 is 0 Å². The van der Waals surface area contributed by atoms with E-state index in [1.54, 1.807) is 11.8 Å². The number of nitrogens with one attached hydrogen (secondary N) is 2. The van der Waals surface area contributed by atoms with Crippen LogP contribution in [0.5, 0.6) is 0 Å². The van der Waals surface area contributed by atoms with E-state index in [0.717, 1.165) is 25.6 Å². The molecule has 4 nitrogen and oxygen atoms in total. The Morgan fingerprint density at radius 3 is 2.78 bits per heavy atom. The first-order valence-electron chi connectivity index (χ1n) is 7.01. The zero-order valence-electron chi connectivity index (χ0n) is 11.0. The van der Waals surface area contributed by atoms with Crippen LogP contribution in [-0.2, 0) is 9.53 Å². The van der Waals surface area contributed by atoms with Gasteiger partial charge in [0.25, 0.3) is 0 Å². The van der Waals surface area contributed by atoms with E-state index >= 15 is 0 Å². The molecule has 0 radical (unpaired) electrons. The van der Waals surface area contributed by atoms with Crippen LogP contribution in [0.4, 0.5) is 0 Å². The molecule has 2 rings (SSSR count). The molecule has 1 heterocycles. The van der Waals surface area contributed by atoms with Crippen molar-refractivity contribution in [2.45, 2.75) is 30.9 Å². The molecule has 0 atom stereocenters. The molecule has 0 aromatic rings. The lowest BCUT2D eigenvalue weighted by Gasteiger charge is -2.21. The Bertz CT molecular complexity index is 253. The quantitative estimate of drug-likeness (QED) is 0.648. The molecular formula is C13H24N2O2S. The Balaban J connectivity index is 1.41. The predicted octanol–water partition coefficient (Wildman–Crippen LogP) is 1.01. The van der Waals surface area contributed by atoms with Crippen LogP contribution in [-0.4, -0.2) is 49.8 Å². The molecule has 2 fully saturated rings. The van der Waals surface area contributed by atoms with Gasteiger partial charge in [0.2, 0.25) is 5.91 Å². The molecule has 1 aliphatic carbocycles. The van der Waals surface area contributed by atoms with Crippen molar-refractivity contribution in [3.63, 3.8) is 0 Å². The second-order valence-corrected chi connectivity index (χ2v) is 6.42. The van der Waals surface area contributed by atoms with Gasteiger partial charge in [-0.3, -0.25) is 4.79 Å². The fourth-order valence-electron chi connectivity index (χ4n) is 2.00. The number of amides is 1. The zero-order valence-corrected chi connectivity index (χ0v) is 11.8. The fraction of sp³-hybridized carbons (Fsp3) is 0.923. The summed E-state index contributed by atoms with van der Waals surface area (Å²) in [5.74, 6) is 1.54. The topological polar surface area (TPSA) is 50.4 Å². The van der Waals surface area contributed by atoms with Gasteiger partial charge in [-0.2, -0.15) is 0 Å². The van der Waals surface area contributed by atoms with Gasteiger partial charge < -0.3 is 15.4 Å². The van der Waals surface area contributed by atoms with E-state index in [0.29, 0.717) is 24.2 Å². The summed E-state index contributed by atoms with van der Waals surface area (Å²) in [4.78, 5) is 11.6. The van der Waals surface area contributed by atoms with E-state index in [1.807, 2.05) is 0 Å². The Morgan fingerprint density at radius 1 is 1.28 bits per heavy atom. The maximum absolute atomic E-state index is 11.6. The van der Waals surface area contributed by atoms with Crippen molar-refractivity contribution in [1.29, 1.82) is 0 Å². The maximum Gasteiger partial charge on any atom is 0.230 e. The average Bonchev–Trinajstić information content (AvgIpc) is 3.21. The molecule has 2 N–H and O–H groups in total. The van der Waals surface area contributed by atoms with E-state index in [2.05, 4.69) is 10.6 Å². The summed E-state index contributed by atoms with van der Waals surface area (Å²) in [6, 6.07) is 0. The molecule has 0 aromatic heterocycles. The predicted molar refractivity (Wildman–Crippen MR) is 74.9 cm³/mol. The summed E-state index contributed by atoms with van der Waals surface area (Å²) in [7, 11) is 0. The number of hydrogen-bond acceptors (Lipinski definition) is 4. The number of rotatable bonds is 8. The standard InChI is InChI=1S/C13H24N2O2S/c16-13(10-18-12-3-5-14-6-4-12)15-7-8-17-9-11-1-2-11/h11-12,14H,1-10H2,(H,15,16). The Labute approximate surface area is 114 Å². The van der Waals surface area contributed by atoms with Gasteiger partial charge in [0.15, 0.2) is 0 Å². The van der Waals surface area contributed by atoms with Crippen LogP contribution in [0, 0.1) is 5.92 Å². The summed E-state index contributed by atoms with van der Waals surface area (Å²) in [5.41, 5.74) is 0. The molecule has 0 unspecified atom stereocenters. The van der Waals surface area contributed by atoms with Crippen molar-refractivity contribution in [3.05, 3.63) is 0 Å². The molecular weight excluding hydrogens is 248 g/mol. The maximum atomic E-state index is 11.6. The minimum absolute atomic E-state index is 0.147. The summed E-state index contributed by atoms with van der Waals surface area (Å²) in [5, 5.41) is 6.91. The van der Waals surface area contributed by atoms with Crippen molar-refractivity contribution in [1.82, 2.24) is 10.6 Å². The van der Waals surface area contributed by atoms with Gasteiger partial charge in [-0.05, 0) is 44.7 Å². The van der Waals surface area contributed by atoms with E-state index in [9.17, 15) is 4.79 Å². The molecule has 104 valence electrons. The highest BCUT2D eigenvalue weighted by atomic mass is 32.2. The number of thioether (sulfide) groups is 1. The molecule has 0 spiro atoms. The van der Waals surface area contributed by atoms with Crippen molar-refractivity contribution >= 4 is 17.7 Å². The molecule has 0 bridgehead atoms. The second-order valence-electron chi connectivity index (χ2n) is 5.13. The lowest BCUT2D eigenvalue weighted by atomic mass is 10.2. The molecule has 18 heavy (non-hydrogen) atoms. The van der Waals surface area contributed by atoms with E-state index < -0.39 is 0 Å². The van der Waals surface area contributed by atoms with Gasteiger partial charge in [-0.15, -0.1) is 11.8 Å². The summed E-state index contributed by atoms with van der Waals surface area (Å²) < 4.78 is 5.47. The molecule has 0 aromatic carbocycles. The third-order valence-electron chi connectivity index (χ3n) is 3.36. The molecule has 1 saturated carbocycles. The SMILES string of the molecule is O=C(CSC1CCNCC1)NCCOCC1CC1. The van der Waals surface area contributed by atoms with Crippen LogP contribution in [0.2, 0.25) is 0 Å². The number of piperidine rings is 1. The van der Waals surface area contributed by atoms with Crippen LogP contribution in [0.25, 0.3) is 0 Å². The summed E-state index contributed by atoms with van der Waals surface area (Å²) in [6.45, 7) is 4.36. The first kappa shape index (κ1) is 14.2. The number of carbonyl (C=O) groups is 1. The van der Waals surface area contributed by atoms with Crippen molar-refractivity contribution in [2.75, 3.05) is 38.6 Å². The van der Waals surface area contributed by atoms with Crippen molar-refractivity contribution in [3.8, 4) is 0 Å². The van der Waals surface area contributed by atoms with Crippen LogP contribution in [0.15, 0.2) is 0 Å².